The average Bonchev–Trinajstić information content (AvgIpc) is 2.79. The Bertz CT molecular complexity index is 508. The van der Waals surface area contributed by atoms with Gasteiger partial charge in [-0.25, -0.2) is 0 Å². The summed E-state index contributed by atoms with van der Waals surface area (Å²) < 4.78 is 5.11. The number of fused-ring (bicyclic) bond motifs is 1. The van der Waals surface area contributed by atoms with Crippen molar-refractivity contribution in [1.82, 2.24) is 4.98 Å². The van der Waals surface area contributed by atoms with Crippen LogP contribution in [-0.4, -0.2) is 40.1 Å². The summed E-state index contributed by atoms with van der Waals surface area (Å²) in [7, 11) is 1.56. The van der Waals surface area contributed by atoms with Crippen LogP contribution < -0.4 is 4.74 Å². The zero-order chi connectivity index (χ0) is 12.4. The van der Waals surface area contributed by atoms with Gasteiger partial charge in [0.25, 0.3) is 0 Å². The minimum Gasteiger partial charge on any atom is -0.497 e. The van der Waals surface area contributed by atoms with E-state index in [1.165, 1.54) is 0 Å². The van der Waals surface area contributed by atoms with Gasteiger partial charge in [-0.3, -0.25) is 0 Å². The lowest BCUT2D eigenvalue weighted by atomic mass is 10.0. The first-order chi connectivity index (χ1) is 8.17. The number of methoxy groups -OCH3 is 1. The molecule has 0 spiro atoms. The molecule has 2 rings (SSSR count). The van der Waals surface area contributed by atoms with Crippen LogP contribution in [0.4, 0.5) is 0 Å². The standard InChI is InChI=1S/C12H15NO4/c1-17-7-2-3-10-8(4-7)9(5-13-10)12(16)11(15)6-14/h2-5,11-16H,6H2,1H3. The molecule has 0 amide bonds. The summed E-state index contributed by atoms with van der Waals surface area (Å²) in [6.45, 7) is -0.488. The molecule has 1 aromatic heterocycles. The molecular weight excluding hydrogens is 222 g/mol. The van der Waals surface area contributed by atoms with E-state index in [0.29, 0.717) is 11.3 Å². The van der Waals surface area contributed by atoms with Gasteiger partial charge >= 0.3 is 0 Å². The highest BCUT2D eigenvalue weighted by Gasteiger charge is 2.20. The zero-order valence-corrected chi connectivity index (χ0v) is 9.42. The van der Waals surface area contributed by atoms with Gasteiger partial charge in [0, 0.05) is 22.7 Å². The molecule has 0 saturated heterocycles. The van der Waals surface area contributed by atoms with Crippen LogP contribution >= 0.6 is 0 Å². The third kappa shape index (κ3) is 2.12. The van der Waals surface area contributed by atoms with Crippen molar-refractivity contribution in [1.29, 1.82) is 0 Å². The van der Waals surface area contributed by atoms with E-state index >= 15 is 0 Å². The molecule has 1 aromatic carbocycles. The first-order valence-corrected chi connectivity index (χ1v) is 5.29. The second kappa shape index (κ2) is 4.75. The Morgan fingerprint density at radius 1 is 1.35 bits per heavy atom. The summed E-state index contributed by atoms with van der Waals surface area (Å²) in [5, 5.41) is 28.9. The molecule has 5 nitrogen and oxygen atoms in total. The lowest BCUT2D eigenvalue weighted by Crippen LogP contribution is -2.21. The van der Waals surface area contributed by atoms with Crippen molar-refractivity contribution in [3.63, 3.8) is 0 Å². The Balaban J connectivity index is 2.47. The topological polar surface area (TPSA) is 85.7 Å². The molecule has 0 aliphatic rings. The number of aliphatic hydroxyl groups excluding tert-OH is 3. The quantitative estimate of drug-likeness (QED) is 0.626. The molecule has 17 heavy (non-hydrogen) atoms. The van der Waals surface area contributed by atoms with Gasteiger partial charge in [-0.15, -0.1) is 0 Å². The van der Waals surface area contributed by atoms with Crippen LogP contribution in [0.1, 0.15) is 11.7 Å². The molecule has 0 aliphatic heterocycles. The number of H-pyrrole nitrogens is 1. The van der Waals surface area contributed by atoms with Gasteiger partial charge in [0.15, 0.2) is 0 Å². The normalized spacial score (nSPS) is 14.8. The first-order valence-electron chi connectivity index (χ1n) is 5.29. The van der Waals surface area contributed by atoms with Crippen molar-refractivity contribution in [3.8, 4) is 5.75 Å². The highest BCUT2D eigenvalue weighted by atomic mass is 16.5. The minimum atomic E-state index is -1.19. The Kier molecular flexibility index (Phi) is 3.33. The van der Waals surface area contributed by atoms with Crippen LogP contribution in [0.25, 0.3) is 10.9 Å². The maximum Gasteiger partial charge on any atom is 0.119 e. The monoisotopic (exact) mass is 237 g/mol. The molecule has 4 N–H and O–H groups in total. The van der Waals surface area contributed by atoms with Gasteiger partial charge in [0.1, 0.15) is 18.0 Å². The predicted molar refractivity (Wildman–Crippen MR) is 62.9 cm³/mol. The fourth-order valence-electron chi connectivity index (χ4n) is 1.80. The van der Waals surface area contributed by atoms with Gasteiger partial charge in [-0.1, -0.05) is 0 Å². The van der Waals surface area contributed by atoms with Crippen LogP contribution in [0.3, 0.4) is 0 Å². The smallest absolute Gasteiger partial charge is 0.119 e. The molecule has 0 aliphatic carbocycles. The van der Waals surface area contributed by atoms with Crippen LogP contribution in [0, 0.1) is 0 Å². The largest absolute Gasteiger partial charge is 0.497 e. The van der Waals surface area contributed by atoms with Crippen molar-refractivity contribution >= 4 is 10.9 Å². The number of nitrogens with one attached hydrogen (secondary N) is 1. The molecule has 5 heteroatoms. The number of hydrogen-bond donors (Lipinski definition) is 4. The highest BCUT2D eigenvalue weighted by molar-refractivity contribution is 5.85. The lowest BCUT2D eigenvalue weighted by Gasteiger charge is -2.14. The van der Waals surface area contributed by atoms with E-state index in [-0.39, 0.29) is 0 Å². The minimum absolute atomic E-state index is 0.488. The van der Waals surface area contributed by atoms with Crippen molar-refractivity contribution < 1.29 is 20.1 Å². The SMILES string of the molecule is COc1ccc2[nH]cc(C(O)C(O)CO)c2c1. The van der Waals surface area contributed by atoms with E-state index in [1.807, 2.05) is 6.07 Å². The van der Waals surface area contributed by atoms with Gasteiger partial charge in [0.05, 0.1) is 13.7 Å². The number of aromatic nitrogens is 1. The first kappa shape index (κ1) is 11.9. The molecule has 2 aromatic rings. The van der Waals surface area contributed by atoms with Crippen LogP contribution in [0.15, 0.2) is 24.4 Å². The van der Waals surface area contributed by atoms with Gasteiger partial charge < -0.3 is 25.0 Å². The van der Waals surface area contributed by atoms with E-state index < -0.39 is 18.8 Å². The number of rotatable bonds is 4. The molecule has 92 valence electrons. The molecule has 2 unspecified atom stereocenters. The van der Waals surface area contributed by atoms with Crippen molar-refractivity contribution in [3.05, 3.63) is 30.0 Å². The maximum absolute atomic E-state index is 9.87. The Morgan fingerprint density at radius 3 is 2.76 bits per heavy atom. The van der Waals surface area contributed by atoms with Gasteiger partial charge in [-0.05, 0) is 18.2 Å². The number of ether oxygens (including phenoxy) is 1. The molecular formula is C12H15NO4. The average molecular weight is 237 g/mol. The summed E-state index contributed by atoms with van der Waals surface area (Å²) >= 11 is 0. The highest BCUT2D eigenvalue weighted by Crippen LogP contribution is 2.29. The second-order valence-corrected chi connectivity index (χ2v) is 3.85. The van der Waals surface area contributed by atoms with Crippen LogP contribution in [0.5, 0.6) is 5.75 Å². The maximum atomic E-state index is 9.87. The van der Waals surface area contributed by atoms with E-state index in [9.17, 15) is 10.2 Å². The van der Waals surface area contributed by atoms with E-state index in [1.54, 1.807) is 25.4 Å². The third-order valence-corrected chi connectivity index (χ3v) is 2.79. The fraction of sp³-hybridized carbons (Fsp3) is 0.333. The van der Waals surface area contributed by atoms with Gasteiger partial charge in [-0.2, -0.15) is 0 Å². The second-order valence-electron chi connectivity index (χ2n) is 3.85. The van der Waals surface area contributed by atoms with Crippen LogP contribution in [-0.2, 0) is 0 Å². The fourth-order valence-corrected chi connectivity index (χ4v) is 1.80. The Morgan fingerprint density at radius 2 is 2.12 bits per heavy atom. The Labute approximate surface area is 98.3 Å². The summed E-state index contributed by atoms with van der Waals surface area (Å²) in [6, 6.07) is 5.40. The van der Waals surface area contributed by atoms with Crippen molar-refractivity contribution in [2.24, 2.45) is 0 Å². The van der Waals surface area contributed by atoms with E-state index in [2.05, 4.69) is 4.98 Å². The lowest BCUT2D eigenvalue weighted by molar-refractivity contribution is -0.0145. The molecule has 1 heterocycles. The Hall–Kier alpha value is -1.56. The summed E-state index contributed by atoms with van der Waals surface area (Å²) in [5.41, 5.74) is 1.38. The third-order valence-electron chi connectivity index (χ3n) is 2.79. The molecule has 0 saturated carbocycles. The zero-order valence-electron chi connectivity index (χ0n) is 9.42. The molecule has 0 bridgehead atoms. The van der Waals surface area contributed by atoms with Gasteiger partial charge in [0.2, 0.25) is 0 Å². The van der Waals surface area contributed by atoms with Crippen molar-refractivity contribution in [2.75, 3.05) is 13.7 Å². The summed E-state index contributed by atoms with van der Waals surface area (Å²) in [6.07, 6.45) is -0.700. The van der Waals surface area contributed by atoms with Crippen molar-refractivity contribution in [2.45, 2.75) is 12.2 Å². The molecule has 0 radical (unpaired) electrons. The number of aliphatic hydroxyl groups is 3. The molecule has 2 atom stereocenters. The number of hydrogen-bond acceptors (Lipinski definition) is 4. The summed E-state index contributed by atoms with van der Waals surface area (Å²) in [4.78, 5) is 2.99. The molecule has 0 fully saturated rings. The predicted octanol–water partition coefficient (Wildman–Crippen LogP) is 0.563. The summed E-state index contributed by atoms with van der Waals surface area (Å²) in [5.74, 6) is 0.670. The number of aromatic amines is 1. The number of benzene rings is 1. The van der Waals surface area contributed by atoms with Crippen LogP contribution in [0.2, 0.25) is 0 Å². The van der Waals surface area contributed by atoms with E-state index in [0.717, 1.165) is 10.9 Å². The van der Waals surface area contributed by atoms with E-state index in [4.69, 9.17) is 9.84 Å².